The standard InChI is InChI=1S/C21H22F3N3O3/c22-21(23,24)15-4-2-6-18(12-15)30-17-5-1-3-14(11-17)20(29)26-16-7-9-27(10-8-16)13-19(25)28/h1-6,11-12,16H,7-10,13H2,(H2,25,28)(H,26,29). The summed E-state index contributed by atoms with van der Waals surface area (Å²) in [5.74, 6) is -0.379. The summed E-state index contributed by atoms with van der Waals surface area (Å²) in [7, 11) is 0. The molecule has 160 valence electrons. The molecule has 0 atom stereocenters. The lowest BCUT2D eigenvalue weighted by molar-refractivity contribution is -0.137. The molecule has 1 saturated heterocycles. The highest BCUT2D eigenvalue weighted by Gasteiger charge is 2.30. The predicted octanol–water partition coefficient (Wildman–Crippen LogP) is 3.18. The zero-order chi connectivity index (χ0) is 21.7. The second-order valence-electron chi connectivity index (χ2n) is 7.15. The van der Waals surface area contributed by atoms with Crippen molar-refractivity contribution in [3.63, 3.8) is 0 Å². The van der Waals surface area contributed by atoms with Crippen LogP contribution in [0.1, 0.15) is 28.8 Å². The zero-order valence-corrected chi connectivity index (χ0v) is 16.1. The number of benzene rings is 2. The van der Waals surface area contributed by atoms with Crippen molar-refractivity contribution in [2.45, 2.75) is 25.1 Å². The lowest BCUT2D eigenvalue weighted by Crippen LogP contribution is -2.46. The Balaban J connectivity index is 1.60. The highest BCUT2D eigenvalue weighted by molar-refractivity contribution is 5.94. The molecule has 1 heterocycles. The third-order valence-corrected chi connectivity index (χ3v) is 4.80. The minimum atomic E-state index is -4.46. The first-order valence-electron chi connectivity index (χ1n) is 9.47. The maximum absolute atomic E-state index is 12.9. The monoisotopic (exact) mass is 421 g/mol. The summed E-state index contributed by atoms with van der Waals surface area (Å²) in [6.07, 6.45) is -3.08. The number of nitrogens with zero attached hydrogens (tertiary/aromatic N) is 1. The summed E-state index contributed by atoms with van der Waals surface area (Å²) in [4.78, 5) is 25.5. The largest absolute Gasteiger partial charge is 0.457 e. The van der Waals surface area contributed by atoms with Crippen molar-refractivity contribution in [3.8, 4) is 11.5 Å². The lowest BCUT2D eigenvalue weighted by atomic mass is 10.0. The predicted molar refractivity (Wildman–Crippen MR) is 104 cm³/mol. The van der Waals surface area contributed by atoms with Crippen LogP contribution in [0, 0.1) is 0 Å². The first-order valence-corrected chi connectivity index (χ1v) is 9.47. The Labute approximate surface area is 171 Å². The molecule has 0 bridgehead atoms. The quantitative estimate of drug-likeness (QED) is 0.750. The SMILES string of the molecule is NC(=O)CN1CCC(NC(=O)c2cccc(Oc3cccc(C(F)(F)F)c3)c2)CC1. The van der Waals surface area contributed by atoms with Gasteiger partial charge in [-0.05, 0) is 49.2 Å². The summed E-state index contributed by atoms with van der Waals surface area (Å²) in [6, 6.07) is 10.8. The number of ether oxygens (including phenoxy) is 1. The average molecular weight is 421 g/mol. The number of nitrogens with one attached hydrogen (secondary N) is 1. The van der Waals surface area contributed by atoms with E-state index in [0.717, 1.165) is 12.1 Å². The smallest absolute Gasteiger partial charge is 0.416 e. The van der Waals surface area contributed by atoms with Crippen LogP contribution in [-0.2, 0) is 11.0 Å². The van der Waals surface area contributed by atoms with Crippen LogP contribution in [-0.4, -0.2) is 42.4 Å². The Morgan fingerprint density at radius 2 is 1.70 bits per heavy atom. The van der Waals surface area contributed by atoms with E-state index in [-0.39, 0.29) is 35.9 Å². The number of hydrogen-bond acceptors (Lipinski definition) is 4. The number of carbonyl (C=O) groups excluding carboxylic acids is 2. The van der Waals surface area contributed by atoms with E-state index in [0.29, 0.717) is 31.5 Å². The van der Waals surface area contributed by atoms with Gasteiger partial charge in [0.15, 0.2) is 0 Å². The number of alkyl halides is 3. The van der Waals surface area contributed by atoms with Crippen molar-refractivity contribution in [1.29, 1.82) is 0 Å². The minimum absolute atomic E-state index is 0.0317. The molecule has 0 saturated carbocycles. The number of hydrogen-bond donors (Lipinski definition) is 2. The summed E-state index contributed by atoms with van der Waals surface area (Å²) >= 11 is 0. The van der Waals surface area contributed by atoms with Gasteiger partial charge in [-0.1, -0.05) is 12.1 Å². The Hall–Kier alpha value is -3.07. The molecule has 3 N–H and O–H groups in total. The van der Waals surface area contributed by atoms with Crippen LogP contribution in [0.5, 0.6) is 11.5 Å². The third-order valence-electron chi connectivity index (χ3n) is 4.80. The fraction of sp³-hybridized carbons (Fsp3) is 0.333. The van der Waals surface area contributed by atoms with Crippen LogP contribution in [0.4, 0.5) is 13.2 Å². The van der Waals surface area contributed by atoms with Gasteiger partial charge in [-0.15, -0.1) is 0 Å². The Kier molecular flexibility index (Phi) is 6.61. The summed E-state index contributed by atoms with van der Waals surface area (Å²) in [6.45, 7) is 1.52. The van der Waals surface area contributed by atoms with Crippen molar-refractivity contribution in [3.05, 3.63) is 59.7 Å². The molecule has 2 amide bonds. The molecule has 9 heteroatoms. The number of piperidine rings is 1. The maximum atomic E-state index is 12.9. The van der Waals surface area contributed by atoms with Crippen molar-refractivity contribution in [1.82, 2.24) is 10.2 Å². The highest BCUT2D eigenvalue weighted by atomic mass is 19.4. The maximum Gasteiger partial charge on any atom is 0.416 e. The first kappa shape index (κ1) is 21.6. The fourth-order valence-electron chi connectivity index (χ4n) is 3.30. The van der Waals surface area contributed by atoms with E-state index in [9.17, 15) is 22.8 Å². The number of rotatable bonds is 6. The second-order valence-corrected chi connectivity index (χ2v) is 7.15. The van der Waals surface area contributed by atoms with E-state index < -0.39 is 11.7 Å². The number of halogens is 3. The van der Waals surface area contributed by atoms with Crippen LogP contribution in [0.3, 0.4) is 0 Å². The van der Waals surface area contributed by atoms with Gasteiger partial charge in [0, 0.05) is 24.7 Å². The first-order chi connectivity index (χ1) is 14.2. The number of primary amides is 1. The number of nitrogens with two attached hydrogens (primary N) is 1. The van der Waals surface area contributed by atoms with Gasteiger partial charge in [-0.3, -0.25) is 14.5 Å². The minimum Gasteiger partial charge on any atom is -0.457 e. The van der Waals surface area contributed by atoms with Gasteiger partial charge in [0.25, 0.3) is 5.91 Å². The summed E-state index contributed by atoms with van der Waals surface area (Å²) < 4.78 is 44.1. The van der Waals surface area contributed by atoms with Crippen LogP contribution < -0.4 is 15.8 Å². The van der Waals surface area contributed by atoms with Crippen molar-refractivity contribution in [2.24, 2.45) is 5.73 Å². The van der Waals surface area contributed by atoms with Crippen molar-refractivity contribution < 1.29 is 27.5 Å². The van der Waals surface area contributed by atoms with E-state index in [2.05, 4.69) is 5.32 Å². The van der Waals surface area contributed by atoms with E-state index in [1.54, 1.807) is 18.2 Å². The topological polar surface area (TPSA) is 84.7 Å². The van der Waals surface area contributed by atoms with E-state index in [1.807, 2.05) is 4.90 Å². The third kappa shape index (κ3) is 5.96. The van der Waals surface area contributed by atoms with Gasteiger partial charge in [-0.2, -0.15) is 13.2 Å². The van der Waals surface area contributed by atoms with Crippen LogP contribution in [0.25, 0.3) is 0 Å². The molecule has 0 unspecified atom stereocenters. The van der Waals surface area contributed by atoms with Gasteiger partial charge in [-0.25, -0.2) is 0 Å². The Bertz CT molecular complexity index is 910. The molecule has 2 aromatic rings. The van der Waals surface area contributed by atoms with E-state index in [1.165, 1.54) is 18.2 Å². The Morgan fingerprint density at radius 1 is 1.07 bits per heavy atom. The Morgan fingerprint density at radius 3 is 2.33 bits per heavy atom. The molecular weight excluding hydrogens is 399 g/mol. The molecule has 1 aliphatic rings. The highest BCUT2D eigenvalue weighted by Crippen LogP contribution is 2.32. The van der Waals surface area contributed by atoms with Gasteiger partial charge in [0.2, 0.25) is 5.91 Å². The molecule has 2 aromatic carbocycles. The van der Waals surface area contributed by atoms with Crippen molar-refractivity contribution >= 4 is 11.8 Å². The normalized spacial score (nSPS) is 15.6. The average Bonchev–Trinajstić information content (AvgIpc) is 2.69. The van der Waals surface area contributed by atoms with Gasteiger partial charge >= 0.3 is 6.18 Å². The number of likely N-dealkylation sites (tertiary alicyclic amines) is 1. The van der Waals surface area contributed by atoms with Gasteiger partial charge in [0.05, 0.1) is 12.1 Å². The molecule has 1 fully saturated rings. The number of carbonyl (C=O) groups is 2. The molecular formula is C21H22F3N3O3. The van der Waals surface area contributed by atoms with E-state index in [4.69, 9.17) is 10.5 Å². The summed E-state index contributed by atoms with van der Waals surface area (Å²) in [5.41, 5.74) is 4.73. The lowest BCUT2D eigenvalue weighted by Gasteiger charge is -2.31. The zero-order valence-electron chi connectivity index (χ0n) is 16.1. The second kappa shape index (κ2) is 9.17. The molecule has 6 nitrogen and oxygen atoms in total. The molecule has 1 aliphatic heterocycles. The number of amides is 2. The molecule has 0 aromatic heterocycles. The van der Waals surface area contributed by atoms with E-state index >= 15 is 0 Å². The van der Waals surface area contributed by atoms with Gasteiger partial charge in [0.1, 0.15) is 11.5 Å². The molecule has 3 rings (SSSR count). The molecule has 0 radical (unpaired) electrons. The van der Waals surface area contributed by atoms with Crippen LogP contribution >= 0.6 is 0 Å². The van der Waals surface area contributed by atoms with Crippen LogP contribution in [0.2, 0.25) is 0 Å². The van der Waals surface area contributed by atoms with Crippen LogP contribution in [0.15, 0.2) is 48.5 Å². The molecule has 0 aliphatic carbocycles. The molecule has 30 heavy (non-hydrogen) atoms. The van der Waals surface area contributed by atoms with Gasteiger partial charge < -0.3 is 15.8 Å². The summed E-state index contributed by atoms with van der Waals surface area (Å²) in [5, 5.41) is 2.94. The fourth-order valence-corrected chi connectivity index (χ4v) is 3.30. The van der Waals surface area contributed by atoms with Crippen molar-refractivity contribution in [2.75, 3.05) is 19.6 Å². The molecule has 0 spiro atoms.